The zero-order chi connectivity index (χ0) is 19.9. The number of carbonyl (C=O) groups excluding carboxylic acids is 1. The number of thiophene rings is 1. The van der Waals surface area contributed by atoms with E-state index in [1.165, 1.54) is 29.6 Å². The lowest BCUT2D eigenvalue weighted by Gasteiger charge is -2.13. The maximum Gasteiger partial charge on any atom is 0.340 e. The summed E-state index contributed by atoms with van der Waals surface area (Å²) in [5.74, 6) is -0.380. The fourth-order valence-corrected chi connectivity index (χ4v) is 4.25. The summed E-state index contributed by atoms with van der Waals surface area (Å²) in [7, 11) is 1.38. The second-order valence-corrected chi connectivity index (χ2v) is 7.74. The first kappa shape index (κ1) is 20.0. The fraction of sp³-hybridized carbons (Fsp3) is 0.182. The largest absolute Gasteiger partial charge is 0.465 e. The van der Waals surface area contributed by atoms with Crippen molar-refractivity contribution in [1.29, 1.82) is 0 Å². The Labute approximate surface area is 174 Å². The van der Waals surface area contributed by atoms with Gasteiger partial charge in [0.1, 0.15) is 5.00 Å². The van der Waals surface area contributed by atoms with Crippen LogP contribution in [0.5, 0.6) is 0 Å². The van der Waals surface area contributed by atoms with E-state index in [0.29, 0.717) is 15.7 Å². The fourth-order valence-electron chi connectivity index (χ4n) is 2.89. The number of thiocarbonyl (C=S) groups is 1. The average Bonchev–Trinajstić information content (AvgIpc) is 3.10. The monoisotopic (exact) mass is 410 g/mol. The molecule has 0 spiro atoms. The van der Waals surface area contributed by atoms with E-state index in [9.17, 15) is 4.79 Å². The normalized spacial score (nSPS) is 10.4. The minimum Gasteiger partial charge on any atom is -0.465 e. The minimum atomic E-state index is -0.380. The highest BCUT2D eigenvalue weighted by atomic mass is 32.1. The van der Waals surface area contributed by atoms with Crippen molar-refractivity contribution in [3.8, 4) is 0 Å². The molecule has 0 saturated heterocycles. The zero-order valence-corrected chi connectivity index (χ0v) is 17.5. The number of methoxy groups -OCH3 is 1. The molecule has 144 valence electrons. The predicted molar refractivity (Wildman–Crippen MR) is 121 cm³/mol. The lowest BCUT2D eigenvalue weighted by Crippen LogP contribution is -2.20. The van der Waals surface area contributed by atoms with Gasteiger partial charge in [0.2, 0.25) is 0 Å². The first-order valence-corrected chi connectivity index (χ1v) is 10.2. The van der Waals surface area contributed by atoms with E-state index in [4.69, 9.17) is 17.0 Å². The molecular weight excluding hydrogens is 388 g/mol. The van der Waals surface area contributed by atoms with Crippen LogP contribution in [0.1, 0.15) is 33.3 Å². The van der Waals surface area contributed by atoms with Crippen LogP contribution in [-0.2, 0) is 17.6 Å². The summed E-state index contributed by atoms with van der Waals surface area (Å²) in [6.45, 7) is 2.10. The third-order valence-corrected chi connectivity index (χ3v) is 5.54. The number of hydrogen-bond donors (Lipinski definition) is 2. The molecule has 4 nitrogen and oxygen atoms in total. The number of carbonyl (C=O) groups is 1. The van der Waals surface area contributed by atoms with Crippen LogP contribution >= 0.6 is 23.6 Å². The van der Waals surface area contributed by atoms with Gasteiger partial charge in [0.15, 0.2) is 5.11 Å². The van der Waals surface area contributed by atoms with Crippen molar-refractivity contribution in [2.45, 2.75) is 19.8 Å². The molecule has 6 heteroatoms. The van der Waals surface area contributed by atoms with Gasteiger partial charge in [-0.25, -0.2) is 4.79 Å². The molecule has 1 heterocycles. The quantitative estimate of drug-likeness (QED) is 0.415. The Hall–Kier alpha value is -2.70. The highest BCUT2D eigenvalue weighted by Crippen LogP contribution is 2.31. The van der Waals surface area contributed by atoms with E-state index in [0.717, 1.165) is 23.4 Å². The predicted octanol–water partition coefficient (Wildman–Crippen LogP) is 5.50. The summed E-state index contributed by atoms with van der Waals surface area (Å²) in [6.07, 6.45) is 1.65. The number of ether oxygens (including phenoxy) is 1. The van der Waals surface area contributed by atoms with Crippen LogP contribution in [0.25, 0.3) is 0 Å². The van der Waals surface area contributed by atoms with Crippen molar-refractivity contribution in [3.63, 3.8) is 0 Å². The van der Waals surface area contributed by atoms with Gasteiger partial charge in [0.25, 0.3) is 0 Å². The van der Waals surface area contributed by atoms with Gasteiger partial charge in [-0.15, -0.1) is 11.3 Å². The summed E-state index contributed by atoms with van der Waals surface area (Å²) in [5.41, 5.74) is 3.81. The number of benzene rings is 2. The summed E-state index contributed by atoms with van der Waals surface area (Å²) >= 11 is 6.99. The average molecular weight is 411 g/mol. The van der Waals surface area contributed by atoms with Gasteiger partial charge in [-0.2, -0.15) is 0 Å². The number of hydrogen-bond acceptors (Lipinski definition) is 4. The van der Waals surface area contributed by atoms with Crippen LogP contribution in [0.15, 0.2) is 60.7 Å². The van der Waals surface area contributed by atoms with Gasteiger partial charge in [-0.1, -0.05) is 55.5 Å². The van der Waals surface area contributed by atoms with Crippen LogP contribution < -0.4 is 10.6 Å². The highest BCUT2D eigenvalue weighted by Gasteiger charge is 2.18. The van der Waals surface area contributed by atoms with E-state index in [-0.39, 0.29) is 5.97 Å². The molecule has 3 rings (SSSR count). The van der Waals surface area contributed by atoms with E-state index in [2.05, 4.69) is 35.8 Å². The maximum absolute atomic E-state index is 12.2. The number of esters is 1. The highest BCUT2D eigenvalue weighted by molar-refractivity contribution is 7.80. The standard InChI is InChI=1S/C22H22N2O2S2/c1-3-16-11-7-8-12-19(16)23-22(27)24-20-18(21(25)26-2)14-17(28-20)13-15-9-5-4-6-10-15/h4-12,14H,3,13H2,1-2H3,(H2,23,24,27). The molecule has 0 bridgehead atoms. The van der Waals surface area contributed by atoms with Crippen LogP contribution in [0, 0.1) is 0 Å². The van der Waals surface area contributed by atoms with Gasteiger partial charge in [0.05, 0.1) is 12.7 Å². The molecular formula is C22H22N2O2S2. The molecule has 2 aromatic carbocycles. The topological polar surface area (TPSA) is 50.4 Å². The van der Waals surface area contributed by atoms with Crippen LogP contribution in [0.3, 0.4) is 0 Å². The molecule has 0 unspecified atom stereocenters. The van der Waals surface area contributed by atoms with Crippen molar-refractivity contribution in [3.05, 3.63) is 82.2 Å². The SMILES string of the molecule is CCc1ccccc1NC(=S)Nc1sc(Cc2ccccc2)cc1C(=O)OC. The summed E-state index contributed by atoms with van der Waals surface area (Å²) in [5, 5.41) is 7.53. The van der Waals surface area contributed by atoms with Crippen LogP contribution in [0.2, 0.25) is 0 Å². The van der Waals surface area contributed by atoms with E-state index in [1.807, 2.05) is 42.5 Å². The molecule has 1 aromatic heterocycles. The molecule has 28 heavy (non-hydrogen) atoms. The van der Waals surface area contributed by atoms with Crippen LogP contribution in [0.4, 0.5) is 10.7 Å². The molecule has 0 radical (unpaired) electrons. The summed E-state index contributed by atoms with van der Waals surface area (Å²) < 4.78 is 4.94. The Bertz CT molecular complexity index is 968. The first-order chi connectivity index (χ1) is 13.6. The number of para-hydroxylation sites is 1. The van der Waals surface area contributed by atoms with Gasteiger partial charge < -0.3 is 15.4 Å². The second-order valence-electron chi connectivity index (χ2n) is 6.20. The Morgan fingerprint density at radius 1 is 1.07 bits per heavy atom. The third kappa shape index (κ3) is 4.97. The van der Waals surface area contributed by atoms with E-state index in [1.54, 1.807) is 0 Å². The van der Waals surface area contributed by atoms with Crippen molar-refractivity contribution < 1.29 is 9.53 Å². The molecule has 3 aromatic rings. The molecule has 0 atom stereocenters. The minimum absolute atomic E-state index is 0.380. The smallest absolute Gasteiger partial charge is 0.340 e. The molecule has 0 fully saturated rings. The first-order valence-electron chi connectivity index (χ1n) is 9.01. The molecule has 0 amide bonds. The van der Waals surface area contributed by atoms with E-state index < -0.39 is 0 Å². The molecule has 2 N–H and O–H groups in total. The van der Waals surface area contributed by atoms with Gasteiger partial charge >= 0.3 is 5.97 Å². The number of nitrogens with one attached hydrogen (secondary N) is 2. The lowest BCUT2D eigenvalue weighted by molar-refractivity contribution is 0.0602. The Balaban J connectivity index is 1.79. The van der Waals surface area contributed by atoms with Gasteiger partial charge in [0, 0.05) is 17.0 Å². The Kier molecular flexibility index (Phi) is 6.79. The zero-order valence-electron chi connectivity index (χ0n) is 15.8. The van der Waals surface area contributed by atoms with Crippen molar-refractivity contribution in [2.75, 3.05) is 17.7 Å². The molecule has 0 aliphatic carbocycles. The lowest BCUT2D eigenvalue weighted by atomic mass is 10.1. The van der Waals surface area contributed by atoms with Crippen molar-refractivity contribution >= 4 is 45.3 Å². The van der Waals surface area contributed by atoms with E-state index >= 15 is 0 Å². The third-order valence-electron chi connectivity index (χ3n) is 4.28. The molecule has 0 aliphatic rings. The van der Waals surface area contributed by atoms with Gasteiger partial charge in [-0.05, 0) is 41.9 Å². The number of aryl methyl sites for hydroxylation is 1. The van der Waals surface area contributed by atoms with Crippen molar-refractivity contribution in [2.24, 2.45) is 0 Å². The molecule has 0 aliphatic heterocycles. The molecule has 0 saturated carbocycles. The number of anilines is 2. The van der Waals surface area contributed by atoms with Crippen LogP contribution in [-0.4, -0.2) is 18.2 Å². The maximum atomic E-state index is 12.2. The van der Waals surface area contributed by atoms with Gasteiger partial charge in [-0.3, -0.25) is 0 Å². The Morgan fingerprint density at radius 3 is 2.50 bits per heavy atom. The summed E-state index contributed by atoms with van der Waals surface area (Å²) in [6, 6.07) is 20.0. The number of rotatable bonds is 6. The Morgan fingerprint density at radius 2 is 1.79 bits per heavy atom. The summed E-state index contributed by atoms with van der Waals surface area (Å²) in [4.78, 5) is 13.3. The van der Waals surface area contributed by atoms with Crippen molar-refractivity contribution in [1.82, 2.24) is 0 Å². The second kappa shape index (κ2) is 9.48.